The standard InChI is InChI=1S/C18H32BN5O2/c1-17(2)18(3,4)26-19(25-17)14-11-21-16(22-12-14)23(5)13-15-7-6-9-24(15)10-8-20/h11-12,15H,6-10,13,20H2,1-5H3/t15-/m0/s1. The molecule has 1 atom stereocenters. The first-order chi connectivity index (χ1) is 12.2. The Morgan fingerprint density at radius 1 is 1.23 bits per heavy atom. The van der Waals surface area contributed by atoms with E-state index in [2.05, 4.69) is 19.8 Å². The number of anilines is 1. The maximum atomic E-state index is 6.06. The van der Waals surface area contributed by atoms with E-state index in [1.807, 2.05) is 47.1 Å². The van der Waals surface area contributed by atoms with Gasteiger partial charge in [0.05, 0.1) is 11.2 Å². The van der Waals surface area contributed by atoms with Crippen LogP contribution in [0.15, 0.2) is 12.4 Å². The van der Waals surface area contributed by atoms with Crippen LogP contribution in [0.4, 0.5) is 5.95 Å². The Morgan fingerprint density at radius 2 is 1.85 bits per heavy atom. The average molecular weight is 361 g/mol. The molecule has 1 aromatic heterocycles. The molecule has 2 saturated heterocycles. The van der Waals surface area contributed by atoms with Crippen LogP contribution >= 0.6 is 0 Å². The minimum atomic E-state index is -0.422. The lowest BCUT2D eigenvalue weighted by molar-refractivity contribution is 0.00578. The first-order valence-electron chi connectivity index (χ1n) is 9.56. The van der Waals surface area contributed by atoms with E-state index in [1.54, 1.807) is 0 Å². The maximum Gasteiger partial charge on any atom is 0.498 e. The van der Waals surface area contributed by atoms with E-state index in [-0.39, 0.29) is 11.2 Å². The topological polar surface area (TPSA) is 76.7 Å². The summed E-state index contributed by atoms with van der Waals surface area (Å²) in [4.78, 5) is 13.7. The number of likely N-dealkylation sites (tertiary alicyclic amines) is 1. The third-order valence-corrected chi connectivity index (χ3v) is 5.93. The lowest BCUT2D eigenvalue weighted by Crippen LogP contribution is -2.42. The van der Waals surface area contributed by atoms with Gasteiger partial charge in [-0.25, -0.2) is 9.97 Å². The van der Waals surface area contributed by atoms with Gasteiger partial charge in [0.1, 0.15) is 0 Å². The lowest BCUT2D eigenvalue weighted by Gasteiger charge is -2.32. The van der Waals surface area contributed by atoms with E-state index in [4.69, 9.17) is 15.0 Å². The molecular weight excluding hydrogens is 329 g/mol. The molecule has 2 N–H and O–H groups in total. The molecule has 3 rings (SSSR count). The molecule has 3 heterocycles. The summed E-state index contributed by atoms with van der Waals surface area (Å²) < 4.78 is 12.1. The van der Waals surface area contributed by atoms with E-state index in [9.17, 15) is 0 Å². The molecule has 0 bridgehead atoms. The minimum Gasteiger partial charge on any atom is -0.399 e. The molecule has 0 aromatic carbocycles. The Labute approximate surface area is 157 Å². The number of hydrogen-bond acceptors (Lipinski definition) is 7. The quantitative estimate of drug-likeness (QED) is 0.745. The van der Waals surface area contributed by atoms with Gasteiger partial charge in [-0.1, -0.05) is 0 Å². The van der Waals surface area contributed by atoms with E-state index in [0.29, 0.717) is 12.6 Å². The fourth-order valence-electron chi connectivity index (χ4n) is 3.59. The molecule has 2 fully saturated rings. The Kier molecular flexibility index (Phi) is 5.58. The molecule has 0 saturated carbocycles. The third-order valence-electron chi connectivity index (χ3n) is 5.93. The molecule has 26 heavy (non-hydrogen) atoms. The van der Waals surface area contributed by atoms with E-state index >= 15 is 0 Å². The number of rotatable bonds is 6. The summed E-state index contributed by atoms with van der Waals surface area (Å²) >= 11 is 0. The molecular formula is C18H32BN5O2. The van der Waals surface area contributed by atoms with E-state index < -0.39 is 7.12 Å². The van der Waals surface area contributed by atoms with Crippen LogP contribution in [-0.4, -0.2) is 72.5 Å². The van der Waals surface area contributed by atoms with Gasteiger partial charge in [0, 0.05) is 50.6 Å². The number of nitrogens with two attached hydrogens (primary N) is 1. The summed E-state index contributed by atoms with van der Waals surface area (Å²) in [6, 6.07) is 0.523. The predicted molar refractivity (Wildman–Crippen MR) is 105 cm³/mol. The zero-order valence-corrected chi connectivity index (χ0v) is 16.7. The summed E-state index contributed by atoms with van der Waals surface area (Å²) in [5.41, 5.74) is 5.86. The molecule has 7 nitrogen and oxygen atoms in total. The third kappa shape index (κ3) is 3.88. The SMILES string of the molecule is CN(C[C@@H]1CCCN1CCN)c1ncc(B2OC(C)(C)C(C)(C)O2)cn1. The molecule has 2 aliphatic rings. The Bertz CT molecular complexity index is 594. The van der Waals surface area contributed by atoms with Crippen LogP contribution < -0.4 is 16.1 Å². The van der Waals surface area contributed by atoms with Gasteiger partial charge in [0.2, 0.25) is 5.95 Å². The Hall–Kier alpha value is -1.22. The van der Waals surface area contributed by atoms with Crippen molar-refractivity contribution in [2.45, 2.75) is 57.8 Å². The summed E-state index contributed by atoms with van der Waals surface area (Å²) in [5.74, 6) is 0.727. The molecule has 1 aromatic rings. The van der Waals surface area contributed by atoms with Gasteiger partial charge >= 0.3 is 7.12 Å². The van der Waals surface area contributed by atoms with Crippen LogP contribution in [0.5, 0.6) is 0 Å². The van der Waals surface area contributed by atoms with Crippen molar-refractivity contribution < 1.29 is 9.31 Å². The van der Waals surface area contributed by atoms with Crippen LogP contribution in [0, 0.1) is 0 Å². The van der Waals surface area contributed by atoms with Gasteiger partial charge in [-0.15, -0.1) is 0 Å². The van der Waals surface area contributed by atoms with Crippen molar-refractivity contribution in [3.63, 3.8) is 0 Å². The lowest BCUT2D eigenvalue weighted by atomic mass is 9.81. The summed E-state index contributed by atoms with van der Waals surface area (Å²) in [5, 5.41) is 0. The van der Waals surface area contributed by atoms with Crippen molar-refractivity contribution in [1.82, 2.24) is 14.9 Å². The number of likely N-dealkylation sites (N-methyl/N-ethyl adjacent to an activating group) is 1. The highest BCUT2D eigenvalue weighted by molar-refractivity contribution is 6.61. The minimum absolute atomic E-state index is 0.359. The summed E-state index contributed by atoms with van der Waals surface area (Å²) in [6.07, 6.45) is 6.07. The second-order valence-electron chi connectivity index (χ2n) is 8.41. The molecule has 0 aliphatic carbocycles. The zero-order valence-electron chi connectivity index (χ0n) is 16.7. The fraction of sp³-hybridized carbons (Fsp3) is 0.778. The van der Waals surface area contributed by atoms with Crippen molar-refractivity contribution in [2.24, 2.45) is 5.73 Å². The second-order valence-corrected chi connectivity index (χ2v) is 8.41. The second kappa shape index (κ2) is 7.42. The highest BCUT2D eigenvalue weighted by Crippen LogP contribution is 2.36. The van der Waals surface area contributed by atoms with Crippen molar-refractivity contribution in [3.8, 4) is 0 Å². The van der Waals surface area contributed by atoms with Crippen LogP contribution in [0.3, 0.4) is 0 Å². The van der Waals surface area contributed by atoms with Gasteiger partial charge < -0.3 is 19.9 Å². The largest absolute Gasteiger partial charge is 0.498 e. The van der Waals surface area contributed by atoms with Gasteiger partial charge in [0.25, 0.3) is 0 Å². The van der Waals surface area contributed by atoms with Crippen LogP contribution in [0.2, 0.25) is 0 Å². The molecule has 0 unspecified atom stereocenters. The van der Waals surface area contributed by atoms with Crippen molar-refractivity contribution >= 4 is 18.5 Å². The number of nitrogens with zero attached hydrogens (tertiary/aromatic N) is 4. The maximum absolute atomic E-state index is 6.06. The monoisotopic (exact) mass is 361 g/mol. The van der Waals surface area contributed by atoms with E-state index in [0.717, 1.165) is 31.0 Å². The molecule has 2 aliphatic heterocycles. The van der Waals surface area contributed by atoms with Gasteiger partial charge in [0.15, 0.2) is 0 Å². The fourth-order valence-corrected chi connectivity index (χ4v) is 3.59. The molecule has 0 radical (unpaired) electrons. The van der Waals surface area contributed by atoms with E-state index in [1.165, 1.54) is 12.8 Å². The first kappa shape index (κ1) is 19.5. The van der Waals surface area contributed by atoms with Gasteiger partial charge in [-0.05, 0) is 47.1 Å². The molecule has 8 heteroatoms. The normalized spacial score (nSPS) is 25.0. The van der Waals surface area contributed by atoms with Crippen LogP contribution in [0.25, 0.3) is 0 Å². The summed E-state index contributed by atoms with van der Waals surface area (Å²) in [7, 11) is 1.62. The summed E-state index contributed by atoms with van der Waals surface area (Å²) in [6.45, 7) is 11.9. The number of hydrogen-bond donors (Lipinski definition) is 1. The van der Waals surface area contributed by atoms with Crippen LogP contribution in [0.1, 0.15) is 40.5 Å². The highest BCUT2D eigenvalue weighted by Gasteiger charge is 2.52. The van der Waals surface area contributed by atoms with Crippen molar-refractivity contribution in [2.75, 3.05) is 38.1 Å². The Balaban J connectivity index is 1.63. The van der Waals surface area contributed by atoms with Crippen molar-refractivity contribution in [1.29, 1.82) is 0 Å². The number of aromatic nitrogens is 2. The molecule has 144 valence electrons. The van der Waals surface area contributed by atoms with Crippen molar-refractivity contribution in [3.05, 3.63) is 12.4 Å². The van der Waals surface area contributed by atoms with Crippen LogP contribution in [-0.2, 0) is 9.31 Å². The van der Waals surface area contributed by atoms with Gasteiger partial charge in [-0.3, -0.25) is 4.90 Å². The first-order valence-corrected chi connectivity index (χ1v) is 9.56. The zero-order chi connectivity index (χ0) is 18.9. The smallest absolute Gasteiger partial charge is 0.399 e. The Morgan fingerprint density at radius 3 is 2.42 bits per heavy atom. The molecule has 0 amide bonds. The molecule has 0 spiro atoms. The average Bonchev–Trinajstić information content (AvgIpc) is 3.09. The highest BCUT2D eigenvalue weighted by atomic mass is 16.7. The predicted octanol–water partition coefficient (Wildman–Crippen LogP) is 0.635. The van der Waals surface area contributed by atoms with Gasteiger partial charge in [-0.2, -0.15) is 0 Å².